The second-order valence-electron chi connectivity index (χ2n) is 7.63. The molecule has 1 atom stereocenters. The number of benzene rings is 3. The maximum Gasteiger partial charge on any atom is 0.326 e. The molecule has 0 saturated heterocycles. The number of carbonyl (C=O) groups excluding carboxylic acids is 1. The third-order valence-electron chi connectivity index (χ3n) is 5.51. The average Bonchev–Trinajstić information content (AvgIpc) is 3.24. The zero-order valence-electron chi connectivity index (χ0n) is 17.3. The monoisotopic (exact) mass is 541 g/mol. The third-order valence-corrected chi connectivity index (χ3v) is 6.74. The first-order valence-corrected chi connectivity index (χ1v) is 11.5. The lowest BCUT2D eigenvalue weighted by atomic mass is 9.91. The zero-order valence-corrected chi connectivity index (χ0v) is 20.3. The van der Waals surface area contributed by atoms with Crippen LogP contribution in [0.3, 0.4) is 0 Å². The van der Waals surface area contributed by atoms with Crippen molar-refractivity contribution >= 4 is 58.3 Å². The highest BCUT2D eigenvalue weighted by Crippen LogP contribution is 2.41. The van der Waals surface area contributed by atoms with Crippen LogP contribution in [0.25, 0.3) is 11.1 Å². The number of nitrogens with one attached hydrogen (secondary N) is 1. The second kappa shape index (κ2) is 10.1. The maximum atomic E-state index is 13.7. The molecular formula is C24H16Cl4FNO4. The lowest BCUT2D eigenvalue weighted by Crippen LogP contribution is -2.42. The minimum atomic E-state index is -1.26. The van der Waals surface area contributed by atoms with Gasteiger partial charge in [-0.25, -0.2) is 9.18 Å². The van der Waals surface area contributed by atoms with E-state index in [1.54, 1.807) is 18.2 Å². The largest absolute Gasteiger partial charge is 0.480 e. The molecule has 1 aliphatic heterocycles. The van der Waals surface area contributed by atoms with E-state index in [1.165, 1.54) is 24.3 Å². The maximum absolute atomic E-state index is 13.7. The Morgan fingerprint density at radius 3 is 2.21 bits per heavy atom. The summed E-state index contributed by atoms with van der Waals surface area (Å²) in [6, 6.07) is 9.13. The smallest absolute Gasteiger partial charge is 0.326 e. The number of amides is 1. The summed E-state index contributed by atoms with van der Waals surface area (Å²) in [5, 5.41) is 12.8. The van der Waals surface area contributed by atoms with Crippen LogP contribution in [-0.4, -0.2) is 23.0 Å². The van der Waals surface area contributed by atoms with E-state index < -0.39 is 23.7 Å². The van der Waals surface area contributed by atoms with E-state index in [2.05, 4.69) is 5.32 Å². The van der Waals surface area contributed by atoms with Crippen molar-refractivity contribution in [2.75, 3.05) is 0 Å². The summed E-state index contributed by atoms with van der Waals surface area (Å²) in [5.74, 6) is -2.47. The predicted molar refractivity (Wildman–Crippen MR) is 129 cm³/mol. The second-order valence-corrected chi connectivity index (χ2v) is 9.26. The Morgan fingerprint density at radius 2 is 1.59 bits per heavy atom. The standard InChI is InChI=1S/C24H16Cl4FNO4/c25-16-2-1-3-17(26)22(16)23(31)30-20(24(32)33)6-11-4-5-13(15-10-34-9-14(11)15)21-18(27)7-12(29)8-19(21)28/h1-5,7-8,20H,6,9-10H2,(H,30,31)(H,32,33)/t20-/m0/s1. The number of fused-ring (bicyclic) bond motifs is 1. The van der Waals surface area contributed by atoms with Crippen molar-refractivity contribution in [1.29, 1.82) is 0 Å². The van der Waals surface area contributed by atoms with Gasteiger partial charge in [-0.15, -0.1) is 0 Å². The van der Waals surface area contributed by atoms with Gasteiger partial charge in [-0.3, -0.25) is 4.79 Å². The number of ether oxygens (including phenoxy) is 1. The Hall–Kier alpha value is -2.35. The van der Waals surface area contributed by atoms with Gasteiger partial charge in [-0.05, 0) is 46.5 Å². The highest BCUT2D eigenvalue weighted by Gasteiger charge is 2.28. The number of carboxylic acids is 1. The summed E-state index contributed by atoms with van der Waals surface area (Å²) < 4.78 is 19.3. The molecule has 176 valence electrons. The number of carboxylic acid groups (broad SMARTS) is 1. The van der Waals surface area contributed by atoms with Crippen LogP contribution >= 0.6 is 46.4 Å². The molecule has 0 bridgehead atoms. The summed E-state index contributed by atoms with van der Waals surface area (Å²) in [5.41, 5.74) is 3.35. The van der Waals surface area contributed by atoms with Gasteiger partial charge in [0.1, 0.15) is 11.9 Å². The van der Waals surface area contributed by atoms with Crippen molar-refractivity contribution in [3.63, 3.8) is 0 Å². The number of halogens is 5. The van der Waals surface area contributed by atoms with Gasteiger partial charge in [0.2, 0.25) is 0 Å². The zero-order chi connectivity index (χ0) is 24.6. The molecule has 3 aromatic rings. The molecule has 0 aliphatic carbocycles. The fourth-order valence-electron chi connectivity index (χ4n) is 3.93. The molecule has 1 aliphatic rings. The topological polar surface area (TPSA) is 75.6 Å². The van der Waals surface area contributed by atoms with Gasteiger partial charge in [-0.2, -0.15) is 0 Å². The highest BCUT2D eigenvalue weighted by molar-refractivity contribution is 6.40. The van der Waals surface area contributed by atoms with Gasteiger partial charge in [0.25, 0.3) is 5.91 Å². The highest BCUT2D eigenvalue weighted by atomic mass is 35.5. The van der Waals surface area contributed by atoms with E-state index in [4.69, 9.17) is 51.1 Å². The van der Waals surface area contributed by atoms with Gasteiger partial charge in [0.05, 0.1) is 38.9 Å². The molecule has 3 aromatic carbocycles. The summed E-state index contributed by atoms with van der Waals surface area (Å²) in [4.78, 5) is 24.7. The van der Waals surface area contributed by atoms with Crippen LogP contribution in [-0.2, 0) is 29.2 Å². The van der Waals surface area contributed by atoms with Crippen molar-refractivity contribution in [1.82, 2.24) is 5.32 Å². The molecule has 0 spiro atoms. The van der Waals surface area contributed by atoms with Crippen molar-refractivity contribution in [2.24, 2.45) is 0 Å². The van der Waals surface area contributed by atoms with E-state index >= 15 is 0 Å². The predicted octanol–water partition coefficient (Wildman–Crippen LogP) is 6.56. The van der Waals surface area contributed by atoms with Gasteiger partial charge in [-0.1, -0.05) is 64.6 Å². The van der Waals surface area contributed by atoms with Crippen molar-refractivity contribution in [3.8, 4) is 11.1 Å². The number of carbonyl (C=O) groups is 2. The van der Waals surface area contributed by atoms with Crippen molar-refractivity contribution in [3.05, 3.63) is 90.6 Å². The van der Waals surface area contributed by atoms with Crippen LogP contribution in [0.2, 0.25) is 20.1 Å². The van der Waals surface area contributed by atoms with Gasteiger partial charge >= 0.3 is 5.97 Å². The lowest BCUT2D eigenvalue weighted by molar-refractivity contribution is -0.139. The van der Waals surface area contributed by atoms with Crippen molar-refractivity contribution < 1.29 is 23.8 Å². The van der Waals surface area contributed by atoms with Crippen LogP contribution in [0.15, 0.2) is 42.5 Å². The lowest BCUT2D eigenvalue weighted by Gasteiger charge is -2.19. The first-order chi connectivity index (χ1) is 16.2. The fourth-order valence-corrected chi connectivity index (χ4v) is 5.16. The number of hydrogen-bond acceptors (Lipinski definition) is 3. The molecule has 0 unspecified atom stereocenters. The molecule has 10 heteroatoms. The molecule has 0 saturated carbocycles. The number of aliphatic carboxylic acids is 1. The van der Waals surface area contributed by atoms with E-state index in [0.29, 0.717) is 16.7 Å². The SMILES string of the molecule is O=C(N[C@@H](Cc1ccc(-c2c(Cl)cc(F)cc2Cl)c2c1COC2)C(=O)O)c1c(Cl)cccc1Cl. The molecule has 0 radical (unpaired) electrons. The molecule has 2 N–H and O–H groups in total. The van der Waals surface area contributed by atoms with E-state index in [0.717, 1.165) is 11.1 Å². The first-order valence-electron chi connectivity index (χ1n) is 10.0. The third kappa shape index (κ3) is 4.88. The van der Waals surface area contributed by atoms with E-state index in [1.807, 2.05) is 0 Å². The number of hydrogen-bond donors (Lipinski definition) is 2. The molecule has 4 rings (SSSR count). The Morgan fingerprint density at radius 1 is 0.971 bits per heavy atom. The van der Waals surface area contributed by atoms with Gasteiger partial charge in [0.15, 0.2) is 0 Å². The summed E-state index contributed by atoms with van der Waals surface area (Å²) in [7, 11) is 0. The van der Waals surface area contributed by atoms with Gasteiger partial charge < -0.3 is 15.2 Å². The van der Waals surface area contributed by atoms with Crippen LogP contribution in [0.5, 0.6) is 0 Å². The molecule has 0 aromatic heterocycles. The van der Waals surface area contributed by atoms with Crippen LogP contribution < -0.4 is 5.32 Å². The molecule has 1 heterocycles. The Kier molecular flexibility index (Phi) is 7.36. The van der Waals surface area contributed by atoms with Gasteiger partial charge in [0, 0.05) is 12.0 Å². The Balaban J connectivity index is 1.67. The van der Waals surface area contributed by atoms with Crippen molar-refractivity contribution in [2.45, 2.75) is 25.7 Å². The molecule has 5 nitrogen and oxygen atoms in total. The molecule has 1 amide bonds. The summed E-state index contributed by atoms with van der Waals surface area (Å²) in [6.07, 6.45) is -0.0139. The number of rotatable bonds is 6. The molecule has 0 fully saturated rings. The first kappa shape index (κ1) is 24.8. The average molecular weight is 543 g/mol. The molecule has 34 heavy (non-hydrogen) atoms. The molecular weight excluding hydrogens is 527 g/mol. The normalized spacial score (nSPS) is 13.4. The van der Waals surface area contributed by atoms with Crippen LogP contribution in [0.1, 0.15) is 27.0 Å². The van der Waals surface area contributed by atoms with Crippen LogP contribution in [0, 0.1) is 5.82 Å². The Labute approximate surface area is 214 Å². The summed E-state index contributed by atoms with van der Waals surface area (Å²) in [6.45, 7) is 0.493. The minimum Gasteiger partial charge on any atom is -0.480 e. The quantitative estimate of drug-likeness (QED) is 0.369. The van der Waals surface area contributed by atoms with Crippen LogP contribution in [0.4, 0.5) is 4.39 Å². The van der Waals surface area contributed by atoms with E-state index in [9.17, 15) is 19.1 Å². The summed E-state index contributed by atoms with van der Waals surface area (Å²) >= 11 is 24.7. The van der Waals surface area contributed by atoms with E-state index in [-0.39, 0.29) is 45.3 Å². The minimum absolute atomic E-state index is 0.00147. The Bertz CT molecular complexity index is 1270. The fraction of sp³-hybridized carbons (Fsp3) is 0.167.